The van der Waals surface area contributed by atoms with Gasteiger partial charge in [0, 0.05) is 13.2 Å². The minimum absolute atomic E-state index is 0.0323. The maximum atomic E-state index is 12.1. The molecule has 0 aromatic heterocycles. The van der Waals surface area contributed by atoms with E-state index >= 15 is 0 Å². The van der Waals surface area contributed by atoms with Crippen molar-refractivity contribution in [2.24, 2.45) is 23.7 Å². The molecule has 2 nitrogen and oxygen atoms in total. The third-order valence-corrected chi connectivity index (χ3v) is 5.14. The Balaban J connectivity index is 0.000000240. The summed E-state index contributed by atoms with van der Waals surface area (Å²) in [5.41, 5.74) is 0. The van der Waals surface area contributed by atoms with Crippen molar-refractivity contribution in [3.8, 4) is 0 Å². The molecule has 0 amide bonds. The Kier molecular flexibility index (Phi) is 8.32. The van der Waals surface area contributed by atoms with Gasteiger partial charge in [0.25, 0.3) is 0 Å². The molecule has 2 N–H and O–H groups in total. The van der Waals surface area contributed by atoms with E-state index in [1.165, 1.54) is 0 Å². The Hall–Kier alpha value is -0.500. The topological polar surface area (TPSA) is 40.5 Å². The summed E-state index contributed by atoms with van der Waals surface area (Å²) in [5, 5.41) is 17.4. The lowest BCUT2D eigenvalue weighted by atomic mass is 9.82. The molecule has 24 heavy (non-hydrogen) atoms. The average molecular weight is 364 g/mol. The first-order valence-electron chi connectivity index (χ1n) is 8.43. The van der Waals surface area contributed by atoms with Gasteiger partial charge in [-0.1, -0.05) is 0 Å². The number of aliphatic hydroxyl groups is 2. The smallest absolute Gasteiger partial charge is 0.391 e. The van der Waals surface area contributed by atoms with E-state index in [0.29, 0.717) is 25.7 Å². The number of hydrogen-bond donors (Lipinski definition) is 2. The molecule has 0 bridgehead atoms. The monoisotopic (exact) mass is 364 g/mol. The molecular weight excluding hydrogens is 338 g/mol. The van der Waals surface area contributed by atoms with Crippen LogP contribution in [-0.2, 0) is 0 Å². The highest BCUT2D eigenvalue weighted by molar-refractivity contribution is 4.77. The summed E-state index contributed by atoms with van der Waals surface area (Å²) in [5.74, 6) is -2.05. The molecule has 2 fully saturated rings. The van der Waals surface area contributed by atoms with Crippen molar-refractivity contribution >= 4 is 0 Å². The van der Waals surface area contributed by atoms with Crippen LogP contribution in [0, 0.1) is 23.7 Å². The Labute approximate surface area is 138 Å². The summed E-state index contributed by atoms with van der Waals surface area (Å²) in [6.45, 7) is 0.0646. The fraction of sp³-hybridized carbons (Fsp3) is 1.00. The molecule has 0 unspecified atom stereocenters. The number of halogens is 6. The molecule has 2 aliphatic carbocycles. The number of hydrogen-bond acceptors (Lipinski definition) is 2. The van der Waals surface area contributed by atoms with Crippen molar-refractivity contribution in [1.29, 1.82) is 0 Å². The predicted octanol–water partition coefficient (Wildman–Crippen LogP) is 4.69. The van der Waals surface area contributed by atoms with Crippen LogP contribution in [0.5, 0.6) is 0 Å². The van der Waals surface area contributed by atoms with Gasteiger partial charge in [-0.05, 0) is 63.2 Å². The second-order valence-electron chi connectivity index (χ2n) is 6.88. The van der Waals surface area contributed by atoms with E-state index < -0.39 is 24.2 Å². The van der Waals surface area contributed by atoms with E-state index in [-0.39, 0.29) is 50.7 Å². The normalized spacial score (nSPS) is 32.0. The van der Waals surface area contributed by atoms with Crippen LogP contribution in [0.4, 0.5) is 26.3 Å². The quantitative estimate of drug-likeness (QED) is 0.698. The lowest BCUT2D eigenvalue weighted by Gasteiger charge is -2.28. The van der Waals surface area contributed by atoms with Crippen molar-refractivity contribution in [2.75, 3.05) is 13.2 Å². The van der Waals surface area contributed by atoms with E-state index in [1.54, 1.807) is 0 Å². The van der Waals surface area contributed by atoms with Gasteiger partial charge in [-0.25, -0.2) is 0 Å². The maximum absolute atomic E-state index is 12.1. The molecule has 0 heterocycles. The Morgan fingerprint density at radius 2 is 0.792 bits per heavy atom. The third kappa shape index (κ3) is 7.17. The molecule has 2 saturated carbocycles. The van der Waals surface area contributed by atoms with Crippen LogP contribution in [0.15, 0.2) is 0 Å². The summed E-state index contributed by atoms with van der Waals surface area (Å²) >= 11 is 0. The molecule has 0 atom stereocenters. The van der Waals surface area contributed by atoms with Gasteiger partial charge in [0.15, 0.2) is 0 Å². The van der Waals surface area contributed by atoms with Gasteiger partial charge in [-0.2, -0.15) is 26.3 Å². The molecule has 0 aromatic rings. The third-order valence-electron chi connectivity index (χ3n) is 5.14. The summed E-state index contributed by atoms with van der Waals surface area (Å²) in [4.78, 5) is 0. The number of alkyl halides is 6. The van der Waals surface area contributed by atoms with E-state index in [4.69, 9.17) is 10.2 Å². The van der Waals surface area contributed by atoms with Gasteiger partial charge in [0.2, 0.25) is 0 Å². The molecule has 0 aliphatic heterocycles. The predicted molar refractivity (Wildman–Crippen MR) is 77.2 cm³/mol. The summed E-state index contributed by atoms with van der Waals surface area (Å²) in [7, 11) is 0. The van der Waals surface area contributed by atoms with Crippen LogP contribution >= 0.6 is 0 Å². The van der Waals surface area contributed by atoms with E-state index in [1.807, 2.05) is 0 Å². The molecule has 8 heteroatoms. The lowest BCUT2D eigenvalue weighted by molar-refractivity contribution is -0.185. The minimum Gasteiger partial charge on any atom is -0.396 e. The standard InChI is InChI=1S/2C8H13F3O/c2*9-8(10,11)7-3-1-6(5-12)2-4-7/h2*6-7,12H,1-5H2. The summed E-state index contributed by atoms with van der Waals surface area (Å²) in [6.07, 6.45) is -5.24. The lowest BCUT2D eigenvalue weighted by Crippen LogP contribution is -2.28. The van der Waals surface area contributed by atoms with Crippen molar-refractivity contribution in [2.45, 2.75) is 63.7 Å². The molecule has 2 aliphatic rings. The van der Waals surface area contributed by atoms with Crippen LogP contribution in [0.3, 0.4) is 0 Å². The van der Waals surface area contributed by atoms with Gasteiger partial charge in [-0.15, -0.1) is 0 Å². The van der Waals surface area contributed by atoms with E-state index in [0.717, 1.165) is 0 Å². The molecular formula is C16H26F6O2. The van der Waals surface area contributed by atoms with Crippen molar-refractivity contribution in [3.05, 3.63) is 0 Å². The van der Waals surface area contributed by atoms with Gasteiger partial charge in [0.1, 0.15) is 0 Å². The van der Waals surface area contributed by atoms with Gasteiger partial charge < -0.3 is 10.2 Å². The zero-order valence-electron chi connectivity index (χ0n) is 13.5. The van der Waals surface area contributed by atoms with E-state index in [2.05, 4.69) is 0 Å². The van der Waals surface area contributed by atoms with Crippen LogP contribution in [-0.4, -0.2) is 35.8 Å². The van der Waals surface area contributed by atoms with Crippen molar-refractivity contribution in [1.82, 2.24) is 0 Å². The maximum Gasteiger partial charge on any atom is 0.391 e. The molecule has 0 radical (unpaired) electrons. The highest BCUT2D eigenvalue weighted by Crippen LogP contribution is 2.40. The highest BCUT2D eigenvalue weighted by Gasteiger charge is 2.42. The van der Waals surface area contributed by atoms with Crippen molar-refractivity contribution in [3.63, 3.8) is 0 Å². The van der Waals surface area contributed by atoms with Crippen LogP contribution in [0.1, 0.15) is 51.4 Å². The highest BCUT2D eigenvalue weighted by atomic mass is 19.4. The largest absolute Gasteiger partial charge is 0.396 e. The summed E-state index contributed by atoms with van der Waals surface area (Å²) in [6, 6.07) is 0. The molecule has 0 spiro atoms. The number of aliphatic hydroxyl groups excluding tert-OH is 2. The van der Waals surface area contributed by atoms with Crippen LogP contribution in [0.2, 0.25) is 0 Å². The Morgan fingerprint density at radius 1 is 0.542 bits per heavy atom. The van der Waals surface area contributed by atoms with Crippen LogP contribution < -0.4 is 0 Å². The SMILES string of the molecule is OCC1CCC(C(F)(F)F)CC1.OCC1CCC(C(F)(F)F)CC1. The first kappa shape index (κ1) is 21.5. The zero-order valence-corrected chi connectivity index (χ0v) is 13.5. The summed E-state index contributed by atoms with van der Waals surface area (Å²) < 4.78 is 72.7. The van der Waals surface area contributed by atoms with Gasteiger partial charge in [-0.3, -0.25) is 0 Å². The molecule has 144 valence electrons. The van der Waals surface area contributed by atoms with Gasteiger partial charge in [0.05, 0.1) is 11.8 Å². The average Bonchev–Trinajstić information content (AvgIpc) is 2.54. The minimum atomic E-state index is -4.03. The zero-order chi connectivity index (χ0) is 18.4. The number of rotatable bonds is 2. The molecule has 0 saturated heterocycles. The fourth-order valence-electron chi connectivity index (χ4n) is 3.34. The van der Waals surface area contributed by atoms with Crippen LogP contribution in [0.25, 0.3) is 0 Å². The first-order valence-corrected chi connectivity index (χ1v) is 8.43. The molecule has 0 aromatic carbocycles. The van der Waals surface area contributed by atoms with Gasteiger partial charge >= 0.3 is 12.4 Å². The molecule has 2 rings (SSSR count). The second kappa shape index (κ2) is 9.27. The second-order valence-corrected chi connectivity index (χ2v) is 6.88. The van der Waals surface area contributed by atoms with Crippen molar-refractivity contribution < 1.29 is 36.6 Å². The Bertz CT molecular complexity index is 305. The Morgan fingerprint density at radius 3 is 0.958 bits per heavy atom. The fourth-order valence-corrected chi connectivity index (χ4v) is 3.34. The van der Waals surface area contributed by atoms with E-state index in [9.17, 15) is 26.3 Å². The first-order chi connectivity index (χ1) is 11.1.